The van der Waals surface area contributed by atoms with E-state index >= 15 is 0 Å². The van der Waals surface area contributed by atoms with Gasteiger partial charge in [0.2, 0.25) is 0 Å². The molecule has 0 heterocycles. The predicted molar refractivity (Wildman–Crippen MR) is 90.7 cm³/mol. The van der Waals surface area contributed by atoms with Crippen LogP contribution in [0.4, 0.5) is 0 Å². The van der Waals surface area contributed by atoms with Crippen LogP contribution >= 0.6 is 25.0 Å². The number of nitrogens with two attached hydrogens (primary N) is 1. The summed E-state index contributed by atoms with van der Waals surface area (Å²) in [5, 5.41) is 10.4. The van der Waals surface area contributed by atoms with Crippen LogP contribution in [0.1, 0.15) is 37.7 Å². The Balaban J connectivity index is 0.00000200. The fourth-order valence-electron chi connectivity index (χ4n) is 3.01. The first-order valence-electron chi connectivity index (χ1n) is 7.34. The Labute approximate surface area is 134 Å². The smallest absolute Gasteiger partial charge is 0.0812 e. The molecule has 1 aliphatic rings. The topological polar surface area (TPSA) is 46.2 Å². The Bertz CT molecular complexity index is 370. The van der Waals surface area contributed by atoms with Gasteiger partial charge in [0.25, 0.3) is 0 Å². The molecule has 3 N–H and O–H groups in total. The number of hydrogen-bond donors (Lipinski definition) is 3. The van der Waals surface area contributed by atoms with E-state index in [0.29, 0.717) is 12.3 Å². The average molecular weight is 316 g/mol. The van der Waals surface area contributed by atoms with E-state index in [2.05, 4.69) is 24.8 Å². The Morgan fingerprint density at radius 1 is 1.15 bits per heavy atom. The molecule has 2 nitrogen and oxygen atoms in total. The van der Waals surface area contributed by atoms with Gasteiger partial charge in [0, 0.05) is 11.3 Å². The summed E-state index contributed by atoms with van der Waals surface area (Å²) >= 11 is 4.64. The van der Waals surface area contributed by atoms with E-state index in [9.17, 15) is 5.11 Å². The Hall–Kier alpha value is -0.220. The second-order valence-electron chi connectivity index (χ2n) is 5.73. The lowest BCUT2D eigenvalue weighted by atomic mass is 9.83. The molecule has 2 rings (SSSR count). The zero-order valence-corrected chi connectivity index (χ0v) is 13.5. The summed E-state index contributed by atoms with van der Waals surface area (Å²) in [5.41, 5.74) is 7.34. The van der Waals surface area contributed by atoms with Crippen LogP contribution in [0.15, 0.2) is 30.3 Å². The van der Waals surface area contributed by atoms with E-state index in [1.165, 1.54) is 37.7 Å². The van der Waals surface area contributed by atoms with Crippen molar-refractivity contribution in [2.45, 2.75) is 55.9 Å². The van der Waals surface area contributed by atoms with Gasteiger partial charge in [-0.2, -0.15) is 12.6 Å². The van der Waals surface area contributed by atoms with E-state index < -0.39 is 6.10 Å². The van der Waals surface area contributed by atoms with Crippen LogP contribution in [-0.2, 0) is 6.42 Å². The van der Waals surface area contributed by atoms with E-state index in [-0.39, 0.29) is 23.7 Å². The normalized spacial score (nSPS) is 20.8. The Kier molecular flexibility index (Phi) is 7.96. The molecule has 1 aromatic carbocycles. The molecule has 1 fully saturated rings. The number of hydrogen-bond acceptors (Lipinski definition) is 3. The van der Waals surface area contributed by atoms with Crippen LogP contribution in [-0.4, -0.2) is 22.5 Å². The quantitative estimate of drug-likeness (QED) is 0.731. The molecular formula is C16H26ClNOS. The van der Waals surface area contributed by atoms with Gasteiger partial charge in [0.05, 0.1) is 6.10 Å². The van der Waals surface area contributed by atoms with Crippen molar-refractivity contribution in [1.82, 2.24) is 0 Å². The van der Waals surface area contributed by atoms with Gasteiger partial charge >= 0.3 is 0 Å². The highest BCUT2D eigenvalue weighted by Gasteiger charge is 2.30. The number of aliphatic hydroxyl groups is 1. The van der Waals surface area contributed by atoms with Crippen molar-refractivity contribution in [1.29, 1.82) is 0 Å². The highest BCUT2D eigenvalue weighted by atomic mass is 35.5. The maximum Gasteiger partial charge on any atom is 0.0812 e. The summed E-state index contributed by atoms with van der Waals surface area (Å²) in [5.74, 6) is 0.522. The lowest BCUT2D eigenvalue weighted by molar-refractivity contribution is 0.113. The molecule has 3 unspecified atom stereocenters. The van der Waals surface area contributed by atoms with Gasteiger partial charge < -0.3 is 10.8 Å². The van der Waals surface area contributed by atoms with Crippen LogP contribution in [0.25, 0.3) is 0 Å². The monoisotopic (exact) mass is 315 g/mol. The van der Waals surface area contributed by atoms with E-state index in [1.54, 1.807) is 0 Å². The summed E-state index contributed by atoms with van der Waals surface area (Å²) in [6.45, 7) is 0. The molecule has 0 aromatic heterocycles. The fourth-order valence-corrected chi connectivity index (χ4v) is 3.53. The van der Waals surface area contributed by atoms with Crippen molar-refractivity contribution in [2.75, 3.05) is 0 Å². The molecule has 3 atom stereocenters. The Morgan fingerprint density at radius 3 is 2.35 bits per heavy atom. The first-order chi connectivity index (χ1) is 9.18. The summed E-state index contributed by atoms with van der Waals surface area (Å²) in [4.78, 5) is 0. The standard InChI is InChI=1S/C16H25NOS.ClH/c17-14(11-12-7-3-1-4-8-12)15(18)16(19)13-9-5-2-6-10-13;/h1,3-4,7-8,13-16,18-19H,2,5-6,9-11,17H2;1H. The van der Waals surface area contributed by atoms with Crippen LogP contribution in [0, 0.1) is 5.92 Å². The molecule has 0 bridgehead atoms. The summed E-state index contributed by atoms with van der Waals surface area (Å²) in [6, 6.07) is 9.89. The minimum atomic E-state index is -0.522. The molecule has 0 radical (unpaired) electrons. The van der Waals surface area contributed by atoms with E-state index in [1.807, 2.05) is 18.2 Å². The molecule has 0 spiro atoms. The van der Waals surface area contributed by atoms with E-state index in [0.717, 1.165) is 0 Å². The van der Waals surface area contributed by atoms with Gasteiger partial charge in [-0.15, -0.1) is 12.4 Å². The highest BCUT2D eigenvalue weighted by Crippen LogP contribution is 2.31. The van der Waals surface area contributed by atoms with Gasteiger partial charge in [-0.05, 0) is 30.7 Å². The second-order valence-corrected chi connectivity index (χ2v) is 6.33. The van der Waals surface area contributed by atoms with Gasteiger partial charge in [-0.1, -0.05) is 49.6 Å². The molecular weight excluding hydrogens is 290 g/mol. The summed E-state index contributed by atoms with van der Waals surface area (Å²) in [7, 11) is 0. The van der Waals surface area contributed by atoms with Crippen molar-refractivity contribution in [2.24, 2.45) is 11.7 Å². The first kappa shape index (κ1) is 17.8. The molecule has 1 saturated carbocycles. The molecule has 0 saturated heterocycles. The lowest BCUT2D eigenvalue weighted by Crippen LogP contribution is -2.45. The van der Waals surface area contributed by atoms with Gasteiger partial charge in [-0.25, -0.2) is 0 Å². The third-order valence-electron chi connectivity index (χ3n) is 4.24. The van der Waals surface area contributed by atoms with Crippen LogP contribution in [0.3, 0.4) is 0 Å². The number of aliphatic hydroxyl groups excluding tert-OH is 1. The van der Waals surface area contributed by atoms with Gasteiger partial charge in [0.1, 0.15) is 0 Å². The molecule has 20 heavy (non-hydrogen) atoms. The molecule has 1 aliphatic carbocycles. The number of benzene rings is 1. The maximum atomic E-state index is 10.4. The van der Waals surface area contributed by atoms with Gasteiger partial charge in [0.15, 0.2) is 0 Å². The minimum Gasteiger partial charge on any atom is -0.390 e. The Morgan fingerprint density at radius 2 is 1.75 bits per heavy atom. The minimum absolute atomic E-state index is 0. The highest BCUT2D eigenvalue weighted by molar-refractivity contribution is 7.81. The van der Waals surface area contributed by atoms with Crippen LogP contribution in [0.5, 0.6) is 0 Å². The lowest BCUT2D eigenvalue weighted by Gasteiger charge is -2.32. The van der Waals surface area contributed by atoms with Crippen molar-refractivity contribution >= 4 is 25.0 Å². The zero-order valence-electron chi connectivity index (χ0n) is 11.8. The van der Waals surface area contributed by atoms with Crippen LogP contribution in [0.2, 0.25) is 0 Å². The third kappa shape index (κ3) is 4.96. The van der Waals surface area contributed by atoms with E-state index in [4.69, 9.17) is 5.73 Å². The number of thiol groups is 1. The van der Waals surface area contributed by atoms with Gasteiger partial charge in [-0.3, -0.25) is 0 Å². The summed E-state index contributed by atoms with van der Waals surface area (Å²) in [6.07, 6.45) is 6.42. The van der Waals surface area contributed by atoms with Crippen LogP contribution < -0.4 is 5.73 Å². The first-order valence-corrected chi connectivity index (χ1v) is 7.86. The van der Waals surface area contributed by atoms with Crippen molar-refractivity contribution in [3.8, 4) is 0 Å². The number of halogens is 1. The second kappa shape index (κ2) is 8.93. The molecule has 1 aromatic rings. The van der Waals surface area contributed by atoms with Crippen molar-refractivity contribution < 1.29 is 5.11 Å². The largest absolute Gasteiger partial charge is 0.390 e. The third-order valence-corrected chi connectivity index (χ3v) is 4.96. The van der Waals surface area contributed by atoms with Crippen molar-refractivity contribution in [3.63, 3.8) is 0 Å². The number of rotatable bonds is 5. The predicted octanol–water partition coefficient (Wildman–Crippen LogP) is 3.22. The average Bonchev–Trinajstić information content (AvgIpc) is 2.47. The summed E-state index contributed by atoms with van der Waals surface area (Å²) < 4.78 is 0. The fraction of sp³-hybridized carbons (Fsp3) is 0.625. The molecule has 0 aliphatic heterocycles. The SMILES string of the molecule is Cl.NC(Cc1ccccc1)C(O)C(S)C1CCCCC1. The molecule has 114 valence electrons. The maximum absolute atomic E-state index is 10.4. The molecule has 0 amide bonds. The van der Waals surface area contributed by atoms with Crippen molar-refractivity contribution in [3.05, 3.63) is 35.9 Å². The molecule has 4 heteroatoms. The zero-order chi connectivity index (χ0) is 13.7.